The van der Waals surface area contributed by atoms with Gasteiger partial charge in [0, 0.05) is 41.2 Å². The molecule has 1 aliphatic heterocycles. The van der Waals surface area contributed by atoms with Crippen molar-refractivity contribution in [1.82, 2.24) is 10.1 Å². The van der Waals surface area contributed by atoms with Gasteiger partial charge in [-0.15, -0.1) is 0 Å². The molecule has 7 nitrogen and oxygen atoms in total. The second-order valence-corrected chi connectivity index (χ2v) is 11.6. The van der Waals surface area contributed by atoms with Crippen LogP contribution >= 0.6 is 23.2 Å². The van der Waals surface area contributed by atoms with Crippen LogP contribution in [0.3, 0.4) is 0 Å². The van der Waals surface area contributed by atoms with Crippen molar-refractivity contribution < 1.29 is 17.7 Å². The summed E-state index contributed by atoms with van der Waals surface area (Å²) < 4.78 is 39.8. The van der Waals surface area contributed by atoms with Crippen molar-refractivity contribution >= 4 is 38.9 Å². The van der Waals surface area contributed by atoms with Crippen LogP contribution in [0.25, 0.3) is 11.3 Å². The normalized spacial score (nSPS) is 15.6. The van der Waals surface area contributed by atoms with E-state index >= 15 is 0 Å². The third-order valence-electron chi connectivity index (χ3n) is 6.34. The molecule has 1 fully saturated rings. The highest BCUT2D eigenvalue weighted by Crippen LogP contribution is 2.41. The number of ether oxygens (including phenoxy) is 1. The van der Waals surface area contributed by atoms with Gasteiger partial charge >= 0.3 is 0 Å². The summed E-state index contributed by atoms with van der Waals surface area (Å²) in [6.07, 6.45) is 3.75. The van der Waals surface area contributed by atoms with Gasteiger partial charge in [-0.1, -0.05) is 34.4 Å². The lowest BCUT2D eigenvalue weighted by atomic mass is 10.0. The number of aryl methyl sites for hydroxylation is 1. The molecule has 0 atom stereocenters. The van der Waals surface area contributed by atoms with Crippen LogP contribution in [0, 0.1) is 0 Å². The molecule has 3 heterocycles. The summed E-state index contributed by atoms with van der Waals surface area (Å²) in [7, 11) is -3.77. The van der Waals surface area contributed by atoms with Crippen LogP contribution in [0.15, 0.2) is 70.1 Å². The molecule has 2 aromatic heterocycles. The van der Waals surface area contributed by atoms with E-state index in [1.807, 2.05) is 12.1 Å². The summed E-state index contributed by atoms with van der Waals surface area (Å²) in [6.45, 7) is 0.371. The predicted molar refractivity (Wildman–Crippen MR) is 138 cm³/mol. The van der Waals surface area contributed by atoms with E-state index in [1.54, 1.807) is 36.4 Å². The Bertz CT molecular complexity index is 1550. The number of halogens is 2. The smallest absolute Gasteiger partial charge is 0.264 e. The zero-order valence-corrected chi connectivity index (χ0v) is 21.4. The molecule has 36 heavy (non-hydrogen) atoms. The summed E-state index contributed by atoms with van der Waals surface area (Å²) in [6, 6.07) is 16.9. The number of hydrogen-bond donors (Lipinski definition) is 0. The van der Waals surface area contributed by atoms with Crippen LogP contribution in [0.5, 0.6) is 11.6 Å². The van der Waals surface area contributed by atoms with Gasteiger partial charge in [-0.3, -0.25) is 4.31 Å². The predicted octanol–water partition coefficient (Wildman–Crippen LogP) is 6.85. The van der Waals surface area contributed by atoms with Gasteiger partial charge in [0.15, 0.2) is 5.76 Å². The van der Waals surface area contributed by atoms with E-state index in [4.69, 9.17) is 32.5 Å². The van der Waals surface area contributed by atoms with Gasteiger partial charge in [-0.2, -0.15) is 0 Å². The molecule has 0 bridgehead atoms. The first-order valence-corrected chi connectivity index (χ1v) is 13.8. The lowest BCUT2D eigenvalue weighted by Gasteiger charge is -2.30. The number of fused-ring (bicyclic) bond motifs is 1. The lowest BCUT2D eigenvalue weighted by molar-refractivity contribution is 0.423. The number of rotatable bonds is 6. The molecule has 0 saturated heterocycles. The van der Waals surface area contributed by atoms with E-state index in [1.165, 1.54) is 16.4 Å². The third kappa shape index (κ3) is 4.56. The minimum absolute atomic E-state index is 0.185. The van der Waals surface area contributed by atoms with E-state index in [2.05, 4.69) is 10.1 Å². The Labute approximate surface area is 218 Å². The van der Waals surface area contributed by atoms with Crippen molar-refractivity contribution in [3.8, 4) is 23.0 Å². The molecule has 0 unspecified atom stereocenters. The molecule has 0 spiro atoms. The Morgan fingerprint density at radius 1 is 1.00 bits per heavy atom. The maximum atomic E-state index is 13.4. The minimum Gasteiger partial charge on any atom is -0.439 e. The van der Waals surface area contributed by atoms with Crippen LogP contribution in [0.2, 0.25) is 10.2 Å². The quantitative estimate of drug-likeness (QED) is 0.248. The molecule has 0 radical (unpaired) electrons. The fourth-order valence-electron chi connectivity index (χ4n) is 4.35. The van der Waals surface area contributed by atoms with Gasteiger partial charge in [0.2, 0.25) is 5.88 Å². The van der Waals surface area contributed by atoms with Crippen LogP contribution in [-0.2, 0) is 16.4 Å². The molecule has 0 amide bonds. The molecule has 1 saturated carbocycles. The molecule has 184 valence electrons. The Kier molecular flexibility index (Phi) is 5.90. The first kappa shape index (κ1) is 23.3. The highest BCUT2D eigenvalue weighted by Gasteiger charge is 2.30. The molecular weight excluding hydrogens is 521 g/mol. The second kappa shape index (κ2) is 9.10. The number of pyridine rings is 1. The van der Waals surface area contributed by atoms with Crippen molar-refractivity contribution in [3.63, 3.8) is 0 Å². The zero-order chi connectivity index (χ0) is 24.9. The molecule has 4 aromatic rings. The van der Waals surface area contributed by atoms with Crippen LogP contribution in [0.4, 0.5) is 5.69 Å². The van der Waals surface area contributed by atoms with Crippen molar-refractivity contribution in [3.05, 3.63) is 82.1 Å². The van der Waals surface area contributed by atoms with Gasteiger partial charge < -0.3 is 9.26 Å². The summed E-state index contributed by atoms with van der Waals surface area (Å²) in [5.74, 6) is 1.78. The Morgan fingerprint density at radius 3 is 2.58 bits per heavy atom. The first-order chi connectivity index (χ1) is 17.4. The Balaban J connectivity index is 1.31. The number of sulfonamides is 1. The SMILES string of the molecule is O=S(=O)(c1ccc(Cl)cc1)N1CCCc2ccc(Oc3cc(-c4cc(C5CC5)no4)cc(Cl)n3)cc21. The van der Waals surface area contributed by atoms with Crippen LogP contribution in [-0.4, -0.2) is 25.1 Å². The summed E-state index contributed by atoms with van der Waals surface area (Å²) >= 11 is 12.2. The fraction of sp³-hybridized carbons (Fsp3) is 0.231. The standard InChI is InChI=1S/C26H21Cl2N3O4S/c27-19-6-9-21(10-7-19)36(32,33)31-11-1-2-17-5-8-20(14-23(17)31)34-26-13-18(12-25(28)29-26)24-15-22(30-35-24)16-3-4-16/h5-10,12-16H,1-4,11H2. The van der Waals surface area contributed by atoms with Crippen molar-refractivity contribution in [2.75, 3.05) is 10.8 Å². The summed E-state index contributed by atoms with van der Waals surface area (Å²) in [4.78, 5) is 4.47. The number of nitrogens with zero attached hydrogens (tertiary/aromatic N) is 3. The molecule has 2 aliphatic rings. The highest BCUT2D eigenvalue weighted by atomic mass is 35.5. The number of aromatic nitrogens is 2. The fourth-order valence-corrected chi connectivity index (χ4v) is 6.21. The maximum Gasteiger partial charge on any atom is 0.264 e. The second-order valence-electron chi connectivity index (χ2n) is 8.93. The van der Waals surface area contributed by atoms with Gasteiger partial charge in [0.1, 0.15) is 10.9 Å². The minimum atomic E-state index is -3.77. The van der Waals surface area contributed by atoms with E-state index in [-0.39, 0.29) is 15.9 Å². The molecule has 10 heteroatoms. The van der Waals surface area contributed by atoms with Crippen LogP contribution < -0.4 is 9.04 Å². The number of anilines is 1. The van der Waals surface area contributed by atoms with E-state index in [0.29, 0.717) is 40.2 Å². The van der Waals surface area contributed by atoms with Gasteiger partial charge in [-0.25, -0.2) is 13.4 Å². The monoisotopic (exact) mass is 541 g/mol. The summed E-state index contributed by atoms with van der Waals surface area (Å²) in [5, 5.41) is 4.88. The Hall–Kier alpha value is -3.07. The van der Waals surface area contributed by atoms with E-state index < -0.39 is 10.0 Å². The number of benzene rings is 2. The first-order valence-electron chi connectivity index (χ1n) is 11.6. The lowest BCUT2D eigenvalue weighted by Crippen LogP contribution is -2.35. The molecular formula is C26H21Cl2N3O4S. The average Bonchev–Trinajstić information content (AvgIpc) is 3.59. The summed E-state index contributed by atoms with van der Waals surface area (Å²) in [5.41, 5.74) is 3.16. The molecule has 6 rings (SSSR count). The topological polar surface area (TPSA) is 85.5 Å². The molecule has 2 aromatic carbocycles. The van der Waals surface area contributed by atoms with Gasteiger partial charge in [0.25, 0.3) is 10.0 Å². The largest absolute Gasteiger partial charge is 0.439 e. The van der Waals surface area contributed by atoms with Crippen LogP contribution in [0.1, 0.15) is 36.4 Å². The van der Waals surface area contributed by atoms with Gasteiger partial charge in [0.05, 0.1) is 16.3 Å². The highest BCUT2D eigenvalue weighted by molar-refractivity contribution is 7.92. The zero-order valence-electron chi connectivity index (χ0n) is 19.0. The van der Waals surface area contributed by atoms with E-state index in [9.17, 15) is 8.42 Å². The molecule has 1 aliphatic carbocycles. The van der Waals surface area contributed by atoms with Crippen molar-refractivity contribution in [1.29, 1.82) is 0 Å². The maximum absolute atomic E-state index is 13.4. The molecule has 0 N–H and O–H groups in total. The van der Waals surface area contributed by atoms with Gasteiger partial charge in [-0.05, 0) is 67.6 Å². The van der Waals surface area contributed by atoms with E-state index in [0.717, 1.165) is 36.9 Å². The number of hydrogen-bond acceptors (Lipinski definition) is 6. The van der Waals surface area contributed by atoms with Crippen molar-refractivity contribution in [2.45, 2.75) is 36.5 Å². The van der Waals surface area contributed by atoms with Crippen molar-refractivity contribution in [2.24, 2.45) is 0 Å². The third-order valence-corrected chi connectivity index (χ3v) is 8.61. The Morgan fingerprint density at radius 2 is 1.81 bits per heavy atom. The average molecular weight is 542 g/mol.